The number of hydrogen-bond donors (Lipinski definition) is 1. The summed E-state index contributed by atoms with van der Waals surface area (Å²) in [5.74, 6) is -1.16. The average Bonchev–Trinajstić information content (AvgIpc) is 2.52. The minimum absolute atomic E-state index is 0.0792. The van der Waals surface area contributed by atoms with Gasteiger partial charge in [-0.1, -0.05) is 29.8 Å². The molecule has 23 heavy (non-hydrogen) atoms. The van der Waals surface area contributed by atoms with E-state index in [0.29, 0.717) is 27.6 Å². The molecule has 3 aromatic rings. The topological polar surface area (TPSA) is 35.2 Å². The van der Waals surface area contributed by atoms with Gasteiger partial charge in [0.2, 0.25) is 0 Å². The lowest BCUT2D eigenvalue weighted by Gasteiger charge is -2.14. The van der Waals surface area contributed by atoms with E-state index in [1.807, 2.05) is 12.1 Å². The molecule has 0 heterocycles. The molecule has 0 spiro atoms. The van der Waals surface area contributed by atoms with Gasteiger partial charge in [-0.2, -0.15) is 0 Å². The Balaban J connectivity index is 2.08. The van der Waals surface area contributed by atoms with Crippen LogP contribution in [-0.2, 0) is 0 Å². The summed E-state index contributed by atoms with van der Waals surface area (Å²) >= 11 is 6.22. The van der Waals surface area contributed by atoms with Crippen molar-refractivity contribution >= 4 is 17.3 Å². The third-order valence-corrected chi connectivity index (χ3v) is 3.61. The van der Waals surface area contributed by atoms with E-state index in [1.165, 1.54) is 6.07 Å². The number of nitrogens with two attached hydrogens (primary N) is 1. The first-order valence-electron chi connectivity index (χ1n) is 6.82. The van der Waals surface area contributed by atoms with Gasteiger partial charge in [0.25, 0.3) is 0 Å². The molecule has 0 radical (unpaired) electrons. The predicted octanol–water partition coefficient (Wildman–Crippen LogP) is 5.66. The largest absolute Gasteiger partial charge is 0.454 e. The number of halogens is 3. The van der Waals surface area contributed by atoms with Gasteiger partial charge in [-0.15, -0.1) is 0 Å². The van der Waals surface area contributed by atoms with Gasteiger partial charge in [-0.05, 0) is 36.4 Å². The van der Waals surface area contributed by atoms with Crippen LogP contribution in [-0.4, -0.2) is 0 Å². The first kappa shape index (κ1) is 15.3. The first-order valence-corrected chi connectivity index (χ1v) is 7.20. The Hall–Kier alpha value is -2.59. The van der Waals surface area contributed by atoms with E-state index in [1.54, 1.807) is 30.3 Å². The molecule has 0 bridgehead atoms. The summed E-state index contributed by atoms with van der Waals surface area (Å²) in [4.78, 5) is 0. The molecule has 0 saturated heterocycles. The molecule has 0 unspecified atom stereocenters. The maximum Gasteiger partial charge on any atom is 0.168 e. The Morgan fingerprint density at radius 2 is 1.57 bits per heavy atom. The highest BCUT2D eigenvalue weighted by atomic mass is 35.5. The second kappa shape index (κ2) is 6.26. The van der Waals surface area contributed by atoms with E-state index in [4.69, 9.17) is 22.1 Å². The smallest absolute Gasteiger partial charge is 0.168 e. The highest BCUT2D eigenvalue weighted by Crippen LogP contribution is 2.38. The van der Waals surface area contributed by atoms with Crippen LogP contribution < -0.4 is 10.5 Å². The summed E-state index contributed by atoms with van der Waals surface area (Å²) in [6.07, 6.45) is 0. The van der Waals surface area contributed by atoms with Crippen molar-refractivity contribution in [2.24, 2.45) is 0 Å². The van der Waals surface area contributed by atoms with E-state index in [0.717, 1.165) is 12.1 Å². The fourth-order valence-electron chi connectivity index (χ4n) is 2.20. The van der Waals surface area contributed by atoms with E-state index < -0.39 is 11.6 Å². The maximum absolute atomic E-state index is 13.8. The lowest BCUT2D eigenvalue weighted by molar-refractivity contribution is 0.439. The Morgan fingerprint density at radius 1 is 0.826 bits per heavy atom. The van der Waals surface area contributed by atoms with Gasteiger partial charge >= 0.3 is 0 Å². The quantitative estimate of drug-likeness (QED) is 0.628. The molecular weight excluding hydrogens is 320 g/mol. The van der Waals surface area contributed by atoms with Crippen LogP contribution in [0.5, 0.6) is 11.5 Å². The van der Waals surface area contributed by atoms with Gasteiger partial charge in [0.15, 0.2) is 11.6 Å². The molecule has 0 saturated carbocycles. The normalized spacial score (nSPS) is 10.6. The van der Waals surface area contributed by atoms with Gasteiger partial charge in [0.05, 0.1) is 0 Å². The van der Waals surface area contributed by atoms with Crippen LogP contribution in [0.2, 0.25) is 5.02 Å². The minimum Gasteiger partial charge on any atom is -0.454 e. The zero-order valence-electron chi connectivity index (χ0n) is 11.9. The highest BCUT2D eigenvalue weighted by molar-refractivity contribution is 6.33. The molecule has 0 fully saturated rings. The summed E-state index contributed by atoms with van der Waals surface area (Å²) in [6.45, 7) is 0. The number of rotatable bonds is 3. The highest BCUT2D eigenvalue weighted by Gasteiger charge is 2.13. The second-order valence-corrected chi connectivity index (χ2v) is 5.32. The summed E-state index contributed by atoms with van der Waals surface area (Å²) < 4.78 is 32.4. The molecule has 5 heteroatoms. The fraction of sp³-hybridized carbons (Fsp3) is 0. The van der Waals surface area contributed by atoms with Crippen LogP contribution in [0.3, 0.4) is 0 Å². The molecule has 0 aliphatic carbocycles. The lowest BCUT2D eigenvalue weighted by Crippen LogP contribution is -1.94. The molecule has 2 N–H and O–H groups in total. The van der Waals surface area contributed by atoms with Crippen molar-refractivity contribution in [1.29, 1.82) is 0 Å². The Bertz CT molecular complexity index is 867. The number of nitrogen functional groups attached to an aromatic ring is 1. The van der Waals surface area contributed by atoms with Crippen molar-refractivity contribution in [1.82, 2.24) is 0 Å². The van der Waals surface area contributed by atoms with Crippen LogP contribution in [0.4, 0.5) is 14.5 Å². The number of ether oxygens (including phenoxy) is 1. The van der Waals surface area contributed by atoms with Crippen molar-refractivity contribution in [3.63, 3.8) is 0 Å². The SMILES string of the molecule is Nc1ccc(Oc2ccc(F)cc2F)c(-c2ccccc2Cl)c1. The van der Waals surface area contributed by atoms with Crippen molar-refractivity contribution in [2.75, 3.05) is 5.73 Å². The summed E-state index contributed by atoms with van der Waals surface area (Å²) in [6, 6.07) is 15.3. The summed E-state index contributed by atoms with van der Waals surface area (Å²) in [5, 5.41) is 0.516. The van der Waals surface area contributed by atoms with Crippen LogP contribution in [0.1, 0.15) is 0 Å². The average molecular weight is 332 g/mol. The maximum atomic E-state index is 13.8. The van der Waals surface area contributed by atoms with Crippen LogP contribution in [0.25, 0.3) is 11.1 Å². The molecule has 3 rings (SSSR count). The van der Waals surface area contributed by atoms with Gasteiger partial charge in [-0.3, -0.25) is 0 Å². The van der Waals surface area contributed by atoms with E-state index >= 15 is 0 Å². The summed E-state index contributed by atoms with van der Waals surface area (Å²) in [7, 11) is 0. The molecule has 0 aliphatic rings. The molecule has 0 amide bonds. The van der Waals surface area contributed by atoms with Crippen molar-refractivity contribution in [3.05, 3.63) is 77.3 Å². The lowest BCUT2D eigenvalue weighted by atomic mass is 10.0. The van der Waals surface area contributed by atoms with Gasteiger partial charge in [-0.25, -0.2) is 8.78 Å². The monoisotopic (exact) mass is 331 g/mol. The van der Waals surface area contributed by atoms with Gasteiger partial charge in [0, 0.05) is 27.9 Å². The standard InChI is InChI=1S/C18H12ClF2NO/c19-15-4-2-1-3-13(15)14-10-12(22)6-8-17(14)23-18-7-5-11(20)9-16(18)21/h1-10H,22H2. The molecule has 2 nitrogen and oxygen atoms in total. The van der Waals surface area contributed by atoms with Gasteiger partial charge < -0.3 is 10.5 Å². The minimum atomic E-state index is -0.785. The number of hydrogen-bond acceptors (Lipinski definition) is 2. The van der Waals surface area contributed by atoms with Crippen LogP contribution in [0.15, 0.2) is 60.7 Å². The molecule has 0 aliphatic heterocycles. The Labute approximate surface area is 137 Å². The van der Waals surface area contributed by atoms with E-state index in [9.17, 15) is 8.78 Å². The molecule has 116 valence electrons. The first-order chi connectivity index (χ1) is 11.0. The molecule has 0 atom stereocenters. The number of anilines is 1. The zero-order chi connectivity index (χ0) is 16.4. The fourth-order valence-corrected chi connectivity index (χ4v) is 2.44. The van der Waals surface area contributed by atoms with Crippen molar-refractivity contribution < 1.29 is 13.5 Å². The predicted molar refractivity (Wildman–Crippen MR) is 87.7 cm³/mol. The Morgan fingerprint density at radius 3 is 2.30 bits per heavy atom. The van der Waals surface area contributed by atoms with Crippen molar-refractivity contribution in [3.8, 4) is 22.6 Å². The molecule has 0 aromatic heterocycles. The third-order valence-electron chi connectivity index (χ3n) is 3.28. The van der Waals surface area contributed by atoms with Gasteiger partial charge in [0.1, 0.15) is 11.6 Å². The summed E-state index contributed by atoms with van der Waals surface area (Å²) in [5.41, 5.74) is 7.69. The third kappa shape index (κ3) is 3.27. The van der Waals surface area contributed by atoms with E-state index in [-0.39, 0.29) is 5.75 Å². The zero-order valence-corrected chi connectivity index (χ0v) is 12.6. The Kier molecular flexibility index (Phi) is 4.17. The van der Waals surface area contributed by atoms with E-state index in [2.05, 4.69) is 0 Å². The van der Waals surface area contributed by atoms with Crippen LogP contribution >= 0.6 is 11.6 Å². The molecular formula is C18H12ClF2NO. The van der Waals surface area contributed by atoms with Crippen LogP contribution in [0, 0.1) is 11.6 Å². The van der Waals surface area contributed by atoms with Crippen molar-refractivity contribution in [2.45, 2.75) is 0 Å². The number of benzene rings is 3. The second-order valence-electron chi connectivity index (χ2n) is 4.91. The molecule has 3 aromatic carbocycles.